The van der Waals surface area contributed by atoms with E-state index in [1.165, 1.54) is 0 Å². The van der Waals surface area contributed by atoms with E-state index in [-0.39, 0.29) is 0 Å². The topological polar surface area (TPSA) is 34.1 Å². The van der Waals surface area contributed by atoms with Gasteiger partial charge >= 0.3 is 0 Å². The second-order valence-corrected chi connectivity index (χ2v) is 7.16. The third-order valence-electron chi connectivity index (χ3n) is 1.57. The SMILES string of the molecule is O=S(=O)(SCCCS)c1ccccc1. The van der Waals surface area contributed by atoms with Crippen molar-refractivity contribution in [3.8, 4) is 0 Å². The fourth-order valence-corrected chi connectivity index (χ4v) is 4.12. The molecule has 2 nitrogen and oxygen atoms in total. The van der Waals surface area contributed by atoms with Crippen LogP contribution in [0.15, 0.2) is 35.2 Å². The molecule has 5 heteroatoms. The van der Waals surface area contributed by atoms with Gasteiger partial charge in [0.15, 0.2) is 0 Å². The molecule has 0 aromatic heterocycles. The lowest BCUT2D eigenvalue weighted by Crippen LogP contribution is -1.96. The van der Waals surface area contributed by atoms with Gasteiger partial charge in [0.2, 0.25) is 8.87 Å². The molecule has 14 heavy (non-hydrogen) atoms. The maximum Gasteiger partial charge on any atom is 0.229 e. The Labute approximate surface area is 93.8 Å². The van der Waals surface area contributed by atoms with Crippen molar-refractivity contribution >= 4 is 32.3 Å². The third-order valence-corrected chi connectivity index (χ3v) is 5.51. The van der Waals surface area contributed by atoms with E-state index in [0.717, 1.165) is 23.0 Å². The van der Waals surface area contributed by atoms with Crippen molar-refractivity contribution in [3.63, 3.8) is 0 Å². The van der Waals surface area contributed by atoms with Crippen molar-refractivity contribution in [2.75, 3.05) is 11.5 Å². The molecule has 1 rings (SSSR count). The van der Waals surface area contributed by atoms with Crippen molar-refractivity contribution in [3.05, 3.63) is 30.3 Å². The number of thiol groups is 1. The fraction of sp³-hybridized carbons (Fsp3) is 0.333. The Morgan fingerprint density at radius 1 is 1.21 bits per heavy atom. The van der Waals surface area contributed by atoms with Gasteiger partial charge in [0.1, 0.15) is 0 Å². The summed E-state index contributed by atoms with van der Waals surface area (Å²) in [4.78, 5) is 0.379. The highest BCUT2D eigenvalue weighted by atomic mass is 33.1. The molecule has 78 valence electrons. The van der Waals surface area contributed by atoms with Gasteiger partial charge in [0, 0.05) is 5.75 Å². The third kappa shape index (κ3) is 3.55. The molecule has 0 atom stereocenters. The summed E-state index contributed by atoms with van der Waals surface area (Å²) in [6, 6.07) is 8.49. The molecular weight excluding hydrogens is 236 g/mol. The molecular formula is C9H12O2S3. The Hall–Kier alpha value is -0.130. The van der Waals surface area contributed by atoms with E-state index < -0.39 is 8.87 Å². The summed E-state index contributed by atoms with van der Waals surface area (Å²) in [6.45, 7) is 0. The molecule has 0 aliphatic rings. The van der Waals surface area contributed by atoms with Crippen molar-refractivity contribution in [1.29, 1.82) is 0 Å². The van der Waals surface area contributed by atoms with Crippen molar-refractivity contribution in [1.82, 2.24) is 0 Å². The monoisotopic (exact) mass is 248 g/mol. The standard InChI is InChI=1S/C9H12O2S3/c10-14(11,13-8-4-7-12)9-5-2-1-3-6-9/h1-3,5-6,12H,4,7-8H2. The average Bonchev–Trinajstić information content (AvgIpc) is 2.19. The van der Waals surface area contributed by atoms with Gasteiger partial charge in [-0.2, -0.15) is 12.6 Å². The van der Waals surface area contributed by atoms with E-state index in [9.17, 15) is 8.42 Å². The van der Waals surface area contributed by atoms with Crippen LogP contribution in [0.5, 0.6) is 0 Å². The number of benzene rings is 1. The minimum atomic E-state index is -3.15. The Morgan fingerprint density at radius 2 is 1.86 bits per heavy atom. The lowest BCUT2D eigenvalue weighted by atomic mass is 10.4. The number of rotatable bonds is 5. The van der Waals surface area contributed by atoms with E-state index in [4.69, 9.17) is 0 Å². The maximum atomic E-state index is 11.6. The summed E-state index contributed by atoms with van der Waals surface area (Å²) in [5.41, 5.74) is 0. The van der Waals surface area contributed by atoms with Crippen LogP contribution in [0.3, 0.4) is 0 Å². The Bertz CT molecular complexity index is 359. The van der Waals surface area contributed by atoms with Gasteiger partial charge in [0.25, 0.3) is 0 Å². The average molecular weight is 248 g/mol. The smallest absolute Gasteiger partial charge is 0.212 e. The lowest BCUT2D eigenvalue weighted by molar-refractivity contribution is 0.610. The van der Waals surface area contributed by atoms with E-state index in [1.54, 1.807) is 30.3 Å². The van der Waals surface area contributed by atoms with Crippen LogP contribution >= 0.6 is 23.4 Å². The Kier molecular flexibility index (Phi) is 4.84. The van der Waals surface area contributed by atoms with E-state index in [1.807, 2.05) is 0 Å². The zero-order valence-electron chi connectivity index (χ0n) is 7.59. The highest BCUT2D eigenvalue weighted by Crippen LogP contribution is 2.23. The Balaban J connectivity index is 2.67. The number of hydrogen-bond donors (Lipinski definition) is 1. The normalized spacial score (nSPS) is 11.5. The van der Waals surface area contributed by atoms with Crippen molar-refractivity contribution in [2.45, 2.75) is 11.3 Å². The summed E-state index contributed by atoms with van der Waals surface area (Å²) in [5.74, 6) is 1.32. The van der Waals surface area contributed by atoms with Gasteiger partial charge in [-0.1, -0.05) is 18.2 Å². The first-order chi connectivity index (χ1) is 6.67. The van der Waals surface area contributed by atoms with Crippen LogP contribution in [0.25, 0.3) is 0 Å². The molecule has 0 fully saturated rings. The highest BCUT2D eigenvalue weighted by molar-refractivity contribution is 8.72. The summed E-state index contributed by atoms with van der Waals surface area (Å²) in [5, 5.41) is 0. The van der Waals surface area contributed by atoms with E-state index in [0.29, 0.717) is 10.6 Å². The summed E-state index contributed by atoms with van der Waals surface area (Å²) >= 11 is 4.03. The zero-order valence-corrected chi connectivity index (χ0v) is 10.1. The van der Waals surface area contributed by atoms with E-state index >= 15 is 0 Å². The second-order valence-electron chi connectivity index (χ2n) is 2.67. The minimum absolute atomic E-state index is 0.379. The van der Waals surface area contributed by atoms with Gasteiger partial charge < -0.3 is 0 Å². The largest absolute Gasteiger partial charge is 0.229 e. The maximum absolute atomic E-state index is 11.6. The Morgan fingerprint density at radius 3 is 2.43 bits per heavy atom. The van der Waals surface area contributed by atoms with Crippen LogP contribution in [0, 0.1) is 0 Å². The first-order valence-electron chi connectivity index (χ1n) is 4.22. The van der Waals surface area contributed by atoms with Crippen LogP contribution in [-0.2, 0) is 8.87 Å². The summed E-state index contributed by atoms with van der Waals surface area (Å²) in [7, 11) is -2.17. The fourth-order valence-electron chi connectivity index (χ4n) is 0.888. The zero-order chi connectivity index (χ0) is 10.4. The molecule has 0 unspecified atom stereocenters. The predicted molar refractivity (Wildman–Crippen MR) is 64.6 cm³/mol. The molecule has 0 spiro atoms. The summed E-state index contributed by atoms with van der Waals surface area (Å²) in [6.07, 6.45) is 0.805. The van der Waals surface area contributed by atoms with Crippen LogP contribution in [0.1, 0.15) is 6.42 Å². The molecule has 0 aliphatic heterocycles. The molecule has 0 saturated heterocycles. The van der Waals surface area contributed by atoms with E-state index in [2.05, 4.69) is 12.6 Å². The van der Waals surface area contributed by atoms with Gasteiger partial charge in [-0.15, -0.1) is 0 Å². The molecule has 1 aromatic carbocycles. The molecule has 0 aliphatic carbocycles. The van der Waals surface area contributed by atoms with Crippen LogP contribution < -0.4 is 0 Å². The van der Waals surface area contributed by atoms with Crippen LogP contribution in [-0.4, -0.2) is 19.9 Å². The molecule has 0 radical (unpaired) electrons. The second kappa shape index (κ2) is 5.68. The van der Waals surface area contributed by atoms with Gasteiger partial charge in [-0.05, 0) is 35.1 Å². The molecule has 0 heterocycles. The van der Waals surface area contributed by atoms with Crippen LogP contribution in [0.4, 0.5) is 0 Å². The highest BCUT2D eigenvalue weighted by Gasteiger charge is 2.13. The molecule has 0 saturated carbocycles. The molecule has 0 bridgehead atoms. The van der Waals surface area contributed by atoms with Crippen molar-refractivity contribution < 1.29 is 8.42 Å². The summed E-state index contributed by atoms with van der Waals surface area (Å²) < 4.78 is 23.3. The van der Waals surface area contributed by atoms with Gasteiger partial charge in [-0.3, -0.25) is 0 Å². The first kappa shape index (κ1) is 11.9. The van der Waals surface area contributed by atoms with Gasteiger partial charge in [0.05, 0.1) is 4.90 Å². The van der Waals surface area contributed by atoms with Crippen molar-refractivity contribution in [2.24, 2.45) is 0 Å². The lowest BCUT2D eigenvalue weighted by Gasteiger charge is -2.01. The quantitative estimate of drug-likeness (QED) is 0.494. The minimum Gasteiger partial charge on any atom is -0.212 e. The predicted octanol–water partition coefficient (Wildman–Crippen LogP) is 2.43. The molecule has 0 N–H and O–H groups in total. The van der Waals surface area contributed by atoms with Crippen LogP contribution in [0.2, 0.25) is 0 Å². The molecule has 0 amide bonds. The first-order valence-corrected chi connectivity index (χ1v) is 7.84. The van der Waals surface area contributed by atoms with Gasteiger partial charge in [-0.25, -0.2) is 8.42 Å². The number of hydrogen-bond acceptors (Lipinski definition) is 4. The molecule has 1 aromatic rings.